The van der Waals surface area contributed by atoms with Gasteiger partial charge in [-0.15, -0.1) is 12.4 Å². The molecule has 0 saturated carbocycles. The van der Waals surface area contributed by atoms with E-state index in [1.54, 1.807) is 42.5 Å². The van der Waals surface area contributed by atoms with E-state index < -0.39 is 23.7 Å². The number of anilines is 1. The minimum atomic E-state index is -4.41. The average molecular weight is 525 g/mol. The van der Waals surface area contributed by atoms with Gasteiger partial charge >= 0.3 is 6.18 Å². The number of hydrogen-bond donors (Lipinski definition) is 1. The zero-order valence-electron chi connectivity index (χ0n) is 20.0. The van der Waals surface area contributed by atoms with Crippen molar-refractivity contribution in [1.82, 2.24) is 0 Å². The molecule has 3 aromatic carbocycles. The lowest BCUT2D eigenvalue weighted by Crippen LogP contribution is -2.40. The molecular formula is C26H28ClF3N2O4. The summed E-state index contributed by atoms with van der Waals surface area (Å²) in [5, 5.41) is 0. The molecule has 0 aromatic heterocycles. The molecule has 1 amide bonds. The molecule has 10 heteroatoms. The van der Waals surface area contributed by atoms with Gasteiger partial charge in [0.25, 0.3) is 0 Å². The fourth-order valence-electron chi connectivity index (χ4n) is 3.68. The first-order valence-electron chi connectivity index (χ1n) is 10.8. The Morgan fingerprint density at radius 2 is 1.50 bits per heavy atom. The molecule has 3 aromatic rings. The van der Waals surface area contributed by atoms with Crippen molar-refractivity contribution >= 4 is 24.0 Å². The summed E-state index contributed by atoms with van der Waals surface area (Å²) in [7, 11) is 4.48. The fourth-order valence-corrected chi connectivity index (χ4v) is 3.68. The van der Waals surface area contributed by atoms with Gasteiger partial charge in [-0.3, -0.25) is 4.79 Å². The molecule has 6 nitrogen and oxygen atoms in total. The molecule has 36 heavy (non-hydrogen) atoms. The molecule has 0 heterocycles. The number of nitrogens with zero attached hydrogens (tertiary/aromatic N) is 1. The number of hydrogen-bond acceptors (Lipinski definition) is 5. The Labute approximate surface area is 214 Å². The summed E-state index contributed by atoms with van der Waals surface area (Å²) in [6.45, 7) is 0.169. The van der Waals surface area contributed by atoms with Gasteiger partial charge in [-0.05, 0) is 42.3 Å². The number of ether oxygens (including phenoxy) is 3. The number of alkyl halides is 3. The predicted octanol–water partition coefficient (Wildman–Crippen LogP) is 5.43. The number of nitrogens with two attached hydrogens (primary N) is 1. The van der Waals surface area contributed by atoms with E-state index in [1.165, 1.54) is 38.4 Å². The van der Waals surface area contributed by atoms with Crippen LogP contribution in [-0.4, -0.2) is 33.8 Å². The summed E-state index contributed by atoms with van der Waals surface area (Å²) in [5.74, 6) is 0.973. The van der Waals surface area contributed by atoms with Gasteiger partial charge in [0.15, 0.2) is 11.5 Å². The van der Waals surface area contributed by atoms with Gasteiger partial charge in [-0.2, -0.15) is 13.2 Å². The van der Waals surface area contributed by atoms with Crippen LogP contribution in [0.1, 0.15) is 22.7 Å². The van der Waals surface area contributed by atoms with Gasteiger partial charge in [0.05, 0.1) is 26.9 Å². The Bertz CT molecular complexity index is 1160. The Balaban J connectivity index is 0.00000456. The van der Waals surface area contributed by atoms with Crippen LogP contribution in [0.4, 0.5) is 18.9 Å². The third kappa shape index (κ3) is 6.61. The molecule has 194 valence electrons. The van der Waals surface area contributed by atoms with E-state index in [4.69, 9.17) is 19.9 Å². The van der Waals surface area contributed by atoms with Crippen LogP contribution in [-0.2, 0) is 17.4 Å². The van der Waals surface area contributed by atoms with Crippen LogP contribution in [0.3, 0.4) is 0 Å². The highest BCUT2D eigenvalue weighted by atomic mass is 35.5. The van der Waals surface area contributed by atoms with Crippen molar-refractivity contribution in [2.45, 2.75) is 18.6 Å². The standard InChI is InChI=1S/C26H27F3N2O4.ClH/c1-33-21-7-5-4-6-20(21)24(30)25(32)31(19-12-13-22(34-2)23(16-19)35-3)15-14-17-8-10-18(11-9-17)26(27,28)29;/h4-13,16,24H,14-15,30H2,1-3H3;1H. The van der Waals surface area contributed by atoms with Crippen molar-refractivity contribution in [2.24, 2.45) is 5.73 Å². The molecular weight excluding hydrogens is 497 g/mol. The second-order valence-corrected chi connectivity index (χ2v) is 7.69. The highest BCUT2D eigenvalue weighted by Crippen LogP contribution is 2.34. The van der Waals surface area contributed by atoms with Crippen LogP contribution in [0, 0.1) is 0 Å². The van der Waals surface area contributed by atoms with Crippen LogP contribution in [0.25, 0.3) is 0 Å². The molecule has 0 fully saturated rings. The topological polar surface area (TPSA) is 74.0 Å². The molecule has 0 saturated heterocycles. The second-order valence-electron chi connectivity index (χ2n) is 7.69. The molecule has 0 aliphatic carbocycles. The van der Waals surface area contributed by atoms with Crippen LogP contribution in [0.15, 0.2) is 66.7 Å². The number of benzene rings is 3. The first-order valence-corrected chi connectivity index (χ1v) is 10.8. The van der Waals surface area contributed by atoms with Crippen LogP contribution in [0.2, 0.25) is 0 Å². The normalized spacial score (nSPS) is 11.8. The van der Waals surface area contributed by atoms with Gasteiger partial charge in [0, 0.05) is 23.9 Å². The lowest BCUT2D eigenvalue weighted by Gasteiger charge is -2.27. The summed E-state index contributed by atoms with van der Waals surface area (Å²) < 4.78 is 54.7. The number of methoxy groups -OCH3 is 3. The van der Waals surface area contributed by atoms with Crippen molar-refractivity contribution < 1.29 is 32.2 Å². The highest BCUT2D eigenvalue weighted by molar-refractivity contribution is 5.98. The Morgan fingerprint density at radius 1 is 0.889 bits per heavy atom. The van der Waals surface area contributed by atoms with E-state index in [2.05, 4.69) is 0 Å². The first-order chi connectivity index (χ1) is 16.7. The number of halogens is 4. The van der Waals surface area contributed by atoms with Gasteiger partial charge < -0.3 is 24.8 Å². The zero-order chi connectivity index (χ0) is 25.6. The number of carbonyl (C=O) groups is 1. The summed E-state index contributed by atoms with van der Waals surface area (Å²) in [5.41, 5.74) is 7.29. The van der Waals surface area contributed by atoms with Crippen LogP contribution >= 0.6 is 12.4 Å². The summed E-state index contributed by atoms with van der Waals surface area (Å²) in [6, 6.07) is 15.8. The third-order valence-corrected chi connectivity index (χ3v) is 5.59. The highest BCUT2D eigenvalue weighted by Gasteiger charge is 2.30. The van der Waals surface area contributed by atoms with Crippen molar-refractivity contribution in [3.63, 3.8) is 0 Å². The SMILES string of the molecule is COc1ccc(N(CCc2ccc(C(F)(F)F)cc2)C(=O)C(N)c2ccccc2OC)cc1OC.Cl. The first kappa shape index (κ1) is 28.8. The number of rotatable bonds is 9. The summed E-state index contributed by atoms with van der Waals surface area (Å²) >= 11 is 0. The van der Waals surface area contributed by atoms with Gasteiger partial charge in [0.1, 0.15) is 11.8 Å². The van der Waals surface area contributed by atoms with E-state index in [1.807, 2.05) is 0 Å². The number of carbonyl (C=O) groups excluding carboxylic acids is 1. The van der Waals surface area contributed by atoms with Crippen molar-refractivity contribution in [3.8, 4) is 17.2 Å². The molecule has 0 bridgehead atoms. The lowest BCUT2D eigenvalue weighted by molar-refractivity contribution is -0.137. The zero-order valence-corrected chi connectivity index (χ0v) is 20.9. The molecule has 1 unspecified atom stereocenters. The van der Waals surface area contributed by atoms with Gasteiger partial charge in [-0.1, -0.05) is 30.3 Å². The van der Waals surface area contributed by atoms with Crippen molar-refractivity contribution in [3.05, 3.63) is 83.4 Å². The van der Waals surface area contributed by atoms with E-state index in [0.29, 0.717) is 40.5 Å². The maximum atomic E-state index is 13.6. The molecule has 0 spiro atoms. The van der Waals surface area contributed by atoms with Crippen LogP contribution < -0.4 is 24.8 Å². The monoisotopic (exact) mass is 524 g/mol. The predicted molar refractivity (Wildman–Crippen MR) is 134 cm³/mol. The molecule has 1 atom stereocenters. The van der Waals surface area contributed by atoms with E-state index in [9.17, 15) is 18.0 Å². The van der Waals surface area contributed by atoms with Crippen LogP contribution in [0.5, 0.6) is 17.2 Å². The van der Waals surface area contributed by atoms with Gasteiger partial charge in [-0.25, -0.2) is 0 Å². The minimum Gasteiger partial charge on any atom is -0.496 e. The fraction of sp³-hybridized carbons (Fsp3) is 0.269. The number of amides is 1. The largest absolute Gasteiger partial charge is 0.496 e. The quantitative estimate of drug-likeness (QED) is 0.404. The molecule has 3 rings (SSSR count). The maximum absolute atomic E-state index is 13.6. The molecule has 0 aliphatic rings. The third-order valence-electron chi connectivity index (χ3n) is 5.59. The molecule has 0 aliphatic heterocycles. The molecule has 2 N–H and O–H groups in total. The Morgan fingerprint density at radius 3 is 2.08 bits per heavy atom. The summed E-state index contributed by atoms with van der Waals surface area (Å²) in [6.07, 6.45) is -4.11. The lowest BCUT2D eigenvalue weighted by atomic mass is 10.0. The Hall–Kier alpha value is -3.43. The van der Waals surface area contributed by atoms with E-state index in [-0.39, 0.29) is 19.0 Å². The van der Waals surface area contributed by atoms with E-state index in [0.717, 1.165) is 12.1 Å². The summed E-state index contributed by atoms with van der Waals surface area (Å²) in [4.78, 5) is 15.1. The van der Waals surface area contributed by atoms with Crippen molar-refractivity contribution in [2.75, 3.05) is 32.8 Å². The van der Waals surface area contributed by atoms with E-state index >= 15 is 0 Å². The number of para-hydroxylation sites is 1. The smallest absolute Gasteiger partial charge is 0.416 e. The average Bonchev–Trinajstić information content (AvgIpc) is 2.87. The van der Waals surface area contributed by atoms with Gasteiger partial charge in [0.2, 0.25) is 5.91 Å². The van der Waals surface area contributed by atoms with Crippen molar-refractivity contribution in [1.29, 1.82) is 0 Å². The Kier molecular flexibility index (Phi) is 10.0. The minimum absolute atomic E-state index is 0. The molecule has 0 radical (unpaired) electrons. The maximum Gasteiger partial charge on any atom is 0.416 e. The second kappa shape index (κ2) is 12.5.